The Balaban J connectivity index is 1.15. The van der Waals surface area contributed by atoms with Crippen LogP contribution < -0.4 is 26.4 Å². The maximum absolute atomic E-state index is 7.77. The Morgan fingerprint density at radius 1 is 0.592 bits per heavy atom. The van der Waals surface area contributed by atoms with Crippen molar-refractivity contribution in [2.45, 2.75) is 213 Å². The van der Waals surface area contributed by atoms with Crippen LogP contribution in [-0.4, -0.2) is 6.71 Å². The van der Waals surface area contributed by atoms with Gasteiger partial charge in [0.05, 0.1) is 11.3 Å². The molecule has 2 atom stereocenters. The van der Waals surface area contributed by atoms with Gasteiger partial charge in [-0.05, 0) is 219 Å². The molecule has 0 spiro atoms. The number of nitrogens with zero attached hydrogens (tertiary/aromatic N) is 2. The molecule has 14 rings (SSSR count). The van der Waals surface area contributed by atoms with E-state index in [2.05, 4.69) is 180 Å². The summed E-state index contributed by atoms with van der Waals surface area (Å²) in [6.07, 6.45) is 24.4. The second-order valence-electron chi connectivity index (χ2n) is 29.2. The standard InChI is InChI=1S/C67H83BN2O/c1-40-32-47-49(65(11,12)27-26-63(47,7)8)38-53(40)70-54-35-43(61(2,3)4)20-23-52(54)68-58-55(33-42(34-56(58)70)41-18-16-15-17-19-41)69(44-21-22-46-48(36-44)64(9,10)25-24-62(46,5)6)59-45-37-50-51(39-57(45)71-60(59)68)67(14)30-28-66(50,13)29-31-67/h20-23,32-39,41,46,48H,15-19,24-31H2,1-14H3. The lowest BCUT2D eigenvalue weighted by atomic mass is 9.35. The molecule has 0 saturated heterocycles. The zero-order chi connectivity index (χ0) is 49.7. The Hall–Kier alpha value is -4.44. The van der Waals surface area contributed by atoms with Gasteiger partial charge in [-0.15, -0.1) is 0 Å². The highest BCUT2D eigenvalue weighted by molar-refractivity contribution is 6.99. The first-order valence-electron chi connectivity index (χ1n) is 28.5. The maximum Gasteiger partial charge on any atom is 0.297 e. The van der Waals surface area contributed by atoms with E-state index in [9.17, 15) is 0 Å². The van der Waals surface area contributed by atoms with E-state index < -0.39 is 0 Å². The molecule has 0 radical (unpaired) electrons. The smallest absolute Gasteiger partial charge is 0.297 e. The minimum absolute atomic E-state index is 0.0232. The van der Waals surface area contributed by atoms with E-state index in [1.165, 1.54) is 162 Å². The lowest BCUT2D eigenvalue weighted by Crippen LogP contribution is -2.61. The quantitative estimate of drug-likeness (QED) is 0.165. The van der Waals surface area contributed by atoms with Crippen molar-refractivity contribution in [3.63, 3.8) is 0 Å². The van der Waals surface area contributed by atoms with Gasteiger partial charge in [0.2, 0.25) is 0 Å². The average molecular weight is 943 g/mol. The summed E-state index contributed by atoms with van der Waals surface area (Å²) in [5.74, 6) is 1.46. The summed E-state index contributed by atoms with van der Waals surface area (Å²) in [5.41, 5.74) is 24.4. The molecule has 4 heteroatoms. The van der Waals surface area contributed by atoms with Crippen LogP contribution in [0.2, 0.25) is 0 Å². The lowest BCUT2D eigenvalue weighted by molar-refractivity contribution is 0.0327. The van der Waals surface area contributed by atoms with Crippen molar-refractivity contribution in [2.24, 2.45) is 22.7 Å². The van der Waals surface area contributed by atoms with Crippen molar-refractivity contribution >= 4 is 62.7 Å². The Labute approximate surface area is 428 Å². The number of fused-ring (bicyclic) bond motifs is 10. The predicted molar refractivity (Wildman–Crippen MR) is 303 cm³/mol. The van der Waals surface area contributed by atoms with Gasteiger partial charge in [0.1, 0.15) is 5.58 Å². The molecular weight excluding hydrogens is 860 g/mol. The van der Waals surface area contributed by atoms with E-state index in [1.54, 1.807) is 11.1 Å². The first kappa shape index (κ1) is 46.4. The van der Waals surface area contributed by atoms with Gasteiger partial charge in [-0.2, -0.15) is 0 Å². The highest BCUT2D eigenvalue weighted by atomic mass is 16.3. The fourth-order valence-electron chi connectivity index (χ4n) is 16.3. The highest BCUT2D eigenvalue weighted by Crippen LogP contribution is 2.60. The fraction of sp³-hybridized carbons (Fsp3) is 0.552. The van der Waals surface area contributed by atoms with E-state index >= 15 is 0 Å². The van der Waals surface area contributed by atoms with Gasteiger partial charge in [0.25, 0.3) is 6.71 Å². The van der Waals surface area contributed by atoms with E-state index in [0.29, 0.717) is 17.8 Å². The van der Waals surface area contributed by atoms with Gasteiger partial charge in [0.15, 0.2) is 0 Å². The third-order valence-corrected chi connectivity index (χ3v) is 21.6. The van der Waals surface area contributed by atoms with E-state index in [1.807, 2.05) is 0 Å². The highest BCUT2D eigenvalue weighted by Gasteiger charge is 2.53. The second-order valence-corrected chi connectivity index (χ2v) is 29.2. The second kappa shape index (κ2) is 14.9. The first-order chi connectivity index (χ1) is 33.4. The van der Waals surface area contributed by atoms with Gasteiger partial charge < -0.3 is 14.2 Å². The van der Waals surface area contributed by atoms with Crippen molar-refractivity contribution in [3.8, 4) is 0 Å². The van der Waals surface area contributed by atoms with Crippen molar-refractivity contribution < 1.29 is 4.42 Å². The van der Waals surface area contributed by atoms with Crippen LogP contribution in [0.15, 0.2) is 82.9 Å². The first-order valence-corrected chi connectivity index (χ1v) is 28.5. The van der Waals surface area contributed by atoms with Crippen LogP contribution in [0, 0.1) is 29.6 Å². The van der Waals surface area contributed by atoms with Crippen molar-refractivity contribution in [1.82, 2.24) is 0 Å². The molecule has 2 unspecified atom stereocenters. The molecule has 370 valence electrons. The lowest BCUT2D eigenvalue weighted by Gasteiger charge is -2.52. The number of allylic oxidation sites excluding steroid dienone is 3. The zero-order valence-electron chi connectivity index (χ0n) is 46.2. The summed E-state index contributed by atoms with van der Waals surface area (Å²) < 4.78 is 7.77. The SMILES string of the molecule is Cc1cc2c(cc1N1c3cc(C(C)(C)C)ccc3B3c4oc5cc6c(cc5c4N(C4=CC5C(C=C4)C(C)(C)CCC5(C)C)c4cc(C5CCCCC5)cc1c43)C1(C)CCC6(C)CC1)C(C)(C)CCC2(C)C. The summed E-state index contributed by atoms with van der Waals surface area (Å²) in [6.45, 7) is 34.8. The van der Waals surface area contributed by atoms with E-state index in [-0.39, 0.29) is 44.6 Å². The van der Waals surface area contributed by atoms with Crippen LogP contribution in [-0.2, 0) is 27.1 Å². The van der Waals surface area contributed by atoms with Crippen molar-refractivity contribution in [2.75, 3.05) is 9.80 Å². The molecule has 0 N–H and O–H groups in total. The number of hydrogen-bond donors (Lipinski definition) is 0. The maximum atomic E-state index is 7.77. The molecule has 1 aromatic heterocycles. The third kappa shape index (κ3) is 6.65. The van der Waals surface area contributed by atoms with Gasteiger partial charge in [-0.3, -0.25) is 0 Å². The number of hydrogen-bond acceptors (Lipinski definition) is 3. The van der Waals surface area contributed by atoms with Gasteiger partial charge in [0, 0.05) is 33.8 Å². The zero-order valence-corrected chi connectivity index (χ0v) is 46.2. The van der Waals surface area contributed by atoms with Crippen LogP contribution >= 0.6 is 0 Å². The van der Waals surface area contributed by atoms with Crippen LogP contribution in [0.25, 0.3) is 11.0 Å². The molecule has 3 nitrogen and oxygen atoms in total. The minimum Gasteiger partial charge on any atom is -0.468 e. The molecule has 3 heterocycles. The number of aryl methyl sites for hydroxylation is 1. The molecule has 3 fully saturated rings. The Morgan fingerprint density at radius 2 is 1.20 bits per heavy atom. The van der Waals surface area contributed by atoms with Crippen LogP contribution in [0.1, 0.15) is 218 Å². The van der Waals surface area contributed by atoms with Crippen molar-refractivity contribution in [3.05, 3.63) is 117 Å². The average Bonchev–Trinajstić information content (AvgIpc) is 3.70. The van der Waals surface area contributed by atoms with Crippen LogP contribution in [0.4, 0.5) is 28.4 Å². The largest absolute Gasteiger partial charge is 0.468 e. The fourth-order valence-corrected chi connectivity index (χ4v) is 16.3. The Morgan fingerprint density at radius 3 is 1.85 bits per heavy atom. The van der Waals surface area contributed by atoms with Gasteiger partial charge >= 0.3 is 0 Å². The predicted octanol–water partition coefficient (Wildman–Crippen LogP) is 16.8. The number of furan rings is 1. The minimum atomic E-state index is -0.0569. The molecule has 0 amide bonds. The summed E-state index contributed by atoms with van der Waals surface area (Å²) in [7, 11) is 0. The Kier molecular flexibility index (Phi) is 9.71. The summed E-state index contributed by atoms with van der Waals surface area (Å²) in [4.78, 5) is 5.56. The van der Waals surface area contributed by atoms with Crippen LogP contribution in [0.3, 0.4) is 0 Å². The van der Waals surface area contributed by atoms with E-state index in [0.717, 1.165) is 11.2 Å². The van der Waals surface area contributed by atoms with E-state index in [4.69, 9.17) is 4.42 Å². The van der Waals surface area contributed by atoms with Gasteiger partial charge in [-0.25, -0.2) is 0 Å². The Bertz CT molecular complexity index is 3140. The molecule has 3 saturated carbocycles. The molecule has 2 bridgehead atoms. The third-order valence-electron chi connectivity index (χ3n) is 21.6. The summed E-state index contributed by atoms with van der Waals surface area (Å²) in [6, 6.07) is 23.4. The number of benzene rings is 4. The molecule has 4 aromatic carbocycles. The molecule has 7 aliphatic carbocycles. The molecular formula is C67H83BN2O. The van der Waals surface area contributed by atoms with Gasteiger partial charge in [-0.1, -0.05) is 140 Å². The molecule has 5 aromatic rings. The molecule has 9 aliphatic rings. The van der Waals surface area contributed by atoms with Crippen molar-refractivity contribution in [1.29, 1.82) is 0 Å². The number of rotatable bonds is 3. The summed E-state index contributed by atoms with van der Waals surface area (Å²) in [5, 5.41) is 1.30. The van der Waals surface area contributed by atoms with Crippen LogP contribution in [0.5, 0.6) is 0 Å². The monoisotopic (exact) mass is 943 g/mol. The molecule has 71 heavy (non-hydrogen) atoms. The number of anilines is 5. The normalized spacial score (nSPS) is 28.4. The summed E-state index contributed by atoms with van der Waals surface area (Å²) >= 11 is 0. The topological polar surface area (TPSA) is 19.6 Å². The molecule has 2 aliphatic heterocycles.